The van der Waals surface area contributed by atoms with E-state index in [1.165, 1.54) is 6.26 Å². The van der Waals surface area contributed by atoms with E-state index in [2.05, 4.69) is 27.0 Å². The second-order valence-corrected chi connectivity index (χ2v) is 5.97. The van der Waals surface area contributed by atoms with Crippen molar-refractivity contribution >= 4 is 11.9 Å². The highest BCUT2D eigenvalue weighted by Gasteiger charge is 2.32. The van der Waals surface area contributed by atoms with Crippen molar-refractivity contribution in [3.63, 3.8) is 0 Å². The second-order valence-electron chi connectivity index (χ2n) is 5.97. The van der Waals surface area contributed by atoms with Crippen molar-refractivity contribution in [2.75, 3.05) is 0 Å². The first-order valence-corrected chi connectivity index (χ1v) is 9.07. The monoisotopic (exact) mass is 340 g/mol. The molecular weight excluding hydrogens is 304 g/mol. The minimum absolute atomic E-state index is 0.0583. The van der Waals surface area contributed by atoms with E-state index in [0.717, 1.165) is 38.5 Å². The first-order valence-electron chi connectivity index (χ1n) is 9.07. The molecule has 0 spiro atoms. The van der Waals surface area contributed by atoms with Gasteiger partial charge in [0.25, 0.3) is 0 Å². The standard InChI is InChI=1S/2C10H18O2/c1-4-7-8-10(5-2,6-3)9(11)12;1-4-7-8-9(5-2)10(11)12-6-3/h5H,2,4,6-8H2,1,3H3,(H,11,12);6,9H,3-5,7-8H2,1-2H3. The Labute approximate surface area is 148 Å². The lowest BCUT2D eigenvalue weighted by Crippen LogP contribution is -2.27. The maximum absolute atomic E-state index is 11.2. The van der Waals surface area contributed by atoms with Gasteiger partial charge in [-0.05, 0) is 25.7 Å². The van der Waals surface area contributed by atoms with Crippen molar-refractivity contribution in [2.45, 2.75) is 79.1 Å². The zero-order valence-corrected chi connectivity index (χ0v) is 16.0. The molecule has 0 aromatic heterocycles. The Morgan fingerprint density at radius 3 is 2.04 bits per heavy atom. The minimum Gasteiger partial charge on any atom is -0.481 e. The highest BCUT2D eigenvalue weighted by molar-refractivity contribution is 5.76. The van der Waals surface area contributed by atoms with Crippen LogP contribution in [-0.4, -0.2) is 17.0 Å². The number of aliphatic carboxylic acids is 1. The van der Waals surface area contributed by atoms with Crippen LogP contribution >= 0.6 is 0 Å². The van der Waals surface area contributed by atoms with Gasteiger partial charge >= 0.3 is 11.9 Å². The number of carboxylic acids is 1. The number of carbonyl (C=O) groups is 2. The molecule has 4 nitrogen and oxygen atoms in total. The van der Waals surface area contributed by atoms with Crippen LogP contribution in [0.3, 0.4) is 0 Å². The summed E-state index contributed by atoms with van der Waals surface area (Å²) in [4.78, 5) is 22.1. The third-order valence-corrected chi connectivity index (χ3v) is 4.36. The van der Waals surface area contributed by atoms with Gasteiger partial charge in [0.15, 0.2) is 0 Å². The number of rotatable bonds is 12. The van der Waals surface area contributed by atoms with E-state index >= 15 is 0 Å². The Kier molecular flexibility index (Phi) is 15.4. The molecule has 0 aromatic carbocycles. The topological polar surface area (TPSA) is 63.6 Å². The van der Waals surface area contributed by atoms with Gasteiger partial charge in [-0.3, -0.25) is 9.59 Å². The lowest BCUT2D eigenvalue weighted by molar-refractivity contribution is -0.146. The van der Waals surface area contributed by atoms with Crippen LogP contribution in [0.1, 0.15) is 79.1 Å². The van der Waals surface area contributed by atoms with Crippen LogP contribution in [-0.2, 0) is 14.3 Å². The highest BCUT2D eigenvalue weighted by atomic mass is 16.5. The van der Waals surface area contributed by atoms with Crippen LogP contribution < -0.4 is 0 Å². The van der Waals surface area contributed by atoms with Crippen molar-refractivity contribution in [2.24, 2.45) is 11.3 Å². The number of ether oxygens (including phenoxy) is 1. The number of unbranched alkanes of at least 4 members (excludes halogenated alkanes) is 2. The molecule has 2 unspecified atom stereocenters. The lowest BCUT2D eigenvalue weighted by Gasteiger charge is -2.23. The molecule has 0 fully saturated rings. The maximum atomic E-state index is 11.2. The molecule has 0 saturated carbocycles. The van der Waals surface area contributed by atoms with E-state index in [0.29, 0.717) is 12.8 Å². The van der Waals surface area contributed by atoms with Gasteiger partial charge in [-0.1, -0.05) is 66.0 Å². The minimum atomic E-state index is -0.742. The van der Waals surface area contributed by atoms with Crippen LogP contribution in [0.4, 0.5) is 0 Å². The Morgan fingerprint density at radius 2 is 1.71 bits per heavy atom. The molecule has 140 valence electrons. The van der Waals surface area contributed by atoms with Gasteiger partial charge in [-0.2, -0.15) is 0 Å². The number of hydrogen-bond donors (Lipinski definition) is 1. The molecule has 24 heavy (non-hydrogen) atoms. The van der Waals surface area contributed by atoms with Gasteiger partial charge in [0.2, 0.25) is 0 Å². The van der Waals surface area contributed by atoms with Crippen molar-refractivity contribution in [1.82, 2.24) is 0 Å². The summed E-state index contributed by atoms with van der Waals surface area (Å²) in [6.45, 7) is 15.0. The number of carboxylic acid groups (broad SMARTS) is 1. The molecule has 0 heterocycles. The summed E-state index contributed by atoms with van der Waals surface area (Å²) in [6, 6.07) is 0. The quantitative estimate of drug-likeness (QED) is 0.280. The largest absolute Gasteiger partial charge is 0.481 e. The third kappa shape index (κ3) is 9.53. The first-order chi connectivity index (χ1) is 11.4. The summed E-state index contributed by atoms with van der Waals surface area (Å²) in [5.41, 5.74) is -0.685. The van der Waals surface area contributed by atoms with E-state index in [-0.39, 0.29) is 11.9 Å². The average Bonchev–Trinajstić information content (AvgIpc) is 2.57. The van der Waals surface area contributed by atoms with Gasteiger partial charge in [-0.25, -0.2) is 0 Å². The Bertz CT molecular complexity index is 374. The van der Waals surface area contributed by atoms with Crippen LogP contribution in [0.15, 0.2) is 25.5 Å². The molecule has 1 N–H and O–H groups in total. The normalized spacial score (nSPS) is 13.7. The van der Waals surface area contributed by atoms with Gasteiger partial charge in [0.05, 0.1) is 17.6 Å². The molecule has 4 heteroatoms. The van der Waals surface area contributed by atoms with E-state index in [9.17, 15) is 9.59 Å². The molecule has 0 aromatic rings. The second kappa shape index (κ2) is 15.0. The fourth-order valence-corrected chi connectivity index (χ4v) is 2.38. The van der Waals surface area contributed by atoms with Gasteiger partial charge in [-0.15, -0.1) is 6.58 Å². The van der Waals surface area contributed by atoms with Crippen molar-refractivity contribution in [3.8, 4) is 0 Å². The molecular formula is C20H36O4. The first kappa shape index (κ1) is 24.7. The van der Waals surface area contributed by atoms with Crippen LogP contribution in [0, 0.1) is 11.3 Å². The van der Waals surface area contributed by atoms with Crippen LogP contribution in [0.5, 0.6) is 0 Å². The number of esters is 1. The van der Waals surface area contributed by atoms with Crippen molar-refractivity contribution in [3.05, 3.63) is 25.5 Å². The summed E-state index contributed by atoms with van der Waals surface area (Å²) < 4.78 is 4.72. The van der Waals surface area contributed by atoms with Gasteiger partial charge in [0, 0.05) is 0 Å². The predicted molar refractivity (Wildman–Crippen MR) is 99.7 cm³/mol. The van der Waals surface area contributed by atoms with Crippen LogP contribution in [0.2, 0.25) is 0 Å². The fourth-order valence-electron chi connectivity index (χ4n) is 2.38. The molecule has 2 atom stereocenters. The summed E-state index contributed by atoms with van der Waals surface area (Å²) in [7, 11) is 0. The zero-order valence-electron chi connectivity index (χ0n) is 16.0. The highest BCUT2D eigenvalue weighted by Crippen LogP contribution is 2.30. The van der Waals surface area contributed by atoms with E-state index in [4.69, 9.17) is 9.84 Å². The maximum Gasteiger partial charge on any atom is 0.313 e. The third-order valence-electron chi connectivity index (χ3n) is 4.36. The van der Waals surface area contributed by atoms with Gasteiger partial charge < -0.3 is 9.84 Å². The fraction of sp³-hybridized carbons (Fsp3) is 0.700. The summed E-state index contributed by atoms with van der Waals surface area (Å²) in [6.07, 6.45) is 10.1. The van der Waals surface area contributed by atoms with Crippen LogP contribution in [0.25, 0.3) is 0 Å². The van der Waals surface area contributed by atoms with E-state index < -0.39 is 11.4 Å². The molecule has 0 radical (unpaired) electrons. The van der Waals surface area contributed by atoms with E-state index in [1.807, 2.05) is 13.8 Å². The molecule has 0 aliphatic heterocycles. The van der Waals surface area contributed by atoms with Crippen molar-refractivity contribution in [1.29, 1.82) is 0 Å². The average molecular weight is 341 g/mol. The predicted octanol–water partition coefficient (Wildman–Crippen LogP) is 5.73. The van der Waals surface area contributed by atoms with Gasteiger partial charge in [0.1, 0.15) is 0 Å². The number of carbonyl (C=O) groups excluding carboxylic acids is 1. The molecule has 0 amide bonds. The molecule has 0 bridgehead atoms. The smallest absolute Gasteiger partial charge is 0.313 e. The molecule has 0 aliphatic carbocycles. The summed E-state index contributed by atoms with van der Waals surface area (Å²) in [5.74, 6) is -0.822. The molecule has 0 aliphatic rings. The zero-order chi connectivity index (χ0) is 19.0. The molecule has 0 rings (SSSR count). The van der Waals surface area contributed by atoms with E-state index in [1.54, 1.807) is 6.08 Å². The lowest BCUT2D eigenvalue weighted by atomic mass is 9.80. The van der Waals surface area contributed by atoms with Crippen molar-refractivity contribution < 1.29 is 19.4 Å². The Balaban J connectivity index is 0. The molecule has 0 saturated heterocycles. The number of hydrogen-bond acceptors (Lipinski definition) is 3. The Hall–Kier alpha value is -1.58. The summed E-state index contributed by atoms with van der Waals surface area (Å²) in [5, 5.41) is 8.98. The summed E-state index contributed by atoms with van der Waals surface area (Å²) >= 11 is 0. The SMILES string of the molecule is C=CC(CC)(CCCC)C(=O)O.C=COC(=O)C(CC)CCCC. The Morgan fingerprint density at radius 1 is 1.12 bits per heavy atom.